The number of nitrogens with zero attached hydrogens (tertiary/aromatic N) is 2. The fourth-order valence-electron chi connectivity index (χ4n) is 3.13. The second-order valence-corrected chi connectivity index (χ2v) is 6.77. The summed E-state index contributed by atoms with van der Waals surface area (Å²) in [6, 6.07) is 16.5. The molecule has 0 aliphatic heterocycles. The summed E-state index contributed by atoms with van der Waals surface area (Å²) in [4.78, 5) is 24.2. The lowest BCUT2D eigenvalue weighted by atomic mass is 10.1. The van der Waals surface area contributed by atoms with Crippen LogP contribution < -0.4 is 5.43 Å². The van der Waals surface area contributed by atoms with Gasteiger partial charge < -0.3 is 9.30 Å². The van der Waals surface area contributed by atoms with Gasteiger partial charge in [0, 0.05) is 22.6 Å². The van der Waals surface area contributed by atoms with E-state index in [1.807, 2.05) is 45.0 Å². The van der Waals surface area contributed by atoms with Gasteiger partial charge in [-0.1, -0.05) is 18.2 Å². The highest BCUT2D eigenvalue weighted by atomic mass is 16.5. The van der Waals surface area contributed by atoms with Gasteiger partial charge in [-0.25, -0.2) is 10.2 Å². The van der Waals surface area contributed by atoms with Gasteiger partial charge in [0.1, 0.15) is 0 Å². The second-order valence-electron chi connectivity index (χ2n) is 6.77. The van der Waals surface area contributed by atoms with Crippen LogP contribution in [0.25, 0.3) is 5.69 Å². The lowest BCUT2D eigenvalue weighted by Gasteiger charge is -2.14. The minimum Gasteiger partial charge on any atom is -0.465 e. The Labute approximate surface area is 169 Å². The number of hydrogen-bond acceptors (Lipinski definition) is 4. The molecule has 6 nitrogen and oxygen atoms in total. The first-order chi connectivity index (χ1) is 13.9. The van der Waals surface area contributed by atoms with Gasteiger partial charge in [0.25, 0.3) is 5.91 Å². The minimum absolute atomic E-state index is 0.311. The van der Waals surface area contributed by atoms with Crippen LogP contribution in [0.3, 0.4) is 0 Å². The van der Waals surface area contributed by atoms with Crippen molar-refractivity contribution in [2.24, 2.45) is 5.10 Å². The molecule has 148 valence electrons. The normalized spacial score (nSPS) is 10.9. The van der Waals surface area contributed by atoms with Crippen molar-refractivity contribution in [1.29, 1.82) is 0 Å². The van der Waals surface area contributed by atoms with Crippen molar-refractivity contribution in [3.63, 3.8) is 0 Å². The standard InChI is InChI=1S/C23H23N3O3/c1-15-8-11-19(13-21(15)26-16(2)9-10-17(26)3)22(27)25-24-14-18-6-5-7-20(12-18)23(28)29-4/h5-14H,1-4H3,(H,25,27). The highest BCUT2D eigenvalue weighted by molar-refractivity contribution is 5.96. The van der Waals surface area contributed by atoms with Crippen LogP contribution in [0.2, 0.25) is 0 Å². The third-order valence-corrected chi connectivity index (χ3v) is 4.67. The molecule has 1 amide bonds. The van der Waals surface area contributed by atoms with Crippen LogP contribution in [-0.2, 0) is 4.74 Å². The Morgan fingerprint density at radius 1 is 0.966 bits per heavy atom. The molecule has 2 aromatic carbocycles. The van der Waals surface area contributed by atoms with Crippen LogP contribution in [0, 0.1) is 20.8 Å². The topological polar surface area (TPSA) is 72.7 Å². The Hall–Kier alpha value is -3.67. The Kier molecular flexibility index (Phi) is 5.93. The molecule has 3 rings (SSSR count). The van der Waals surface area contributed by atoms with E-state index in [0.717, 1.165) is 22.6 Å². The van der Waals surface area contributed by atoms with Gasteiger partial charge in [-0.15, -0.1) is 0 Å². The average molecular weight is 389 g/mol. The molecule has 0 fully saturated rings. The number of ether oxygens (including phenoxy) is 1. The Morgan fingerprint density at radius 3 is 2.38 bits per heavy atom. The molecule has 1 heterocycles. The van der Waals surface area contributed by atoms with Crippen LogP contribution in [0.4, 0.5) is 0 Å². The molecule has 0 radical (unpaired) electrons. The van der Waals surface area contributed by atoms with Crippen molar-refractivity contribution in [1.82, 2.24) is 9.99 Å². The average Bonchev–Trinajstić information content (AvgIpc) is 3.06. The number of carbonyl (C=O) groups excluding carboxylic acids is 2. The number of hydrogen-bond donors (Lipinski definition) is 1. The number of methoxy groups -OCH3 is 1. The lowest BCUT2D eigenvalue weighted by Crippen LogP contribution is -2.18. The van der Waals surface area contributed by atoms with Gasteiger partial charge in [-0.2, -0.15) is 5.10 Å². The molecule has 0 saturated carbocycles. The van der Waals surface area contributed by atoms with Gasteiger partial charge >= 0.3 is 5.97 Å². The Morgan fingerprint density at radius 2 is 1.69 bits per heavy atom. The molecule has 0 spiro atoms. The number of benzene rings is 2. The zero-order valence-corrected chi connectivity index (χ0v) is 16.9. The second kappa shape index (κ2) is 8.56. The third kappa shape index (κ3) is 4.43. The molecule has 1 N–H and O–H groups in total. The number of rotatable bonds is 5. The zero-order valence-electron chi connectivity index (χ0n) is 16.9. The summed E-state index contributed by atoms with van der Waals surface area (Å²) in [5.41, 5.74) is 8.39. The predicted octanol–water partition coefficient (Wildman–Crippen LogP) is 3.95. The fraction of sp³-hybridized carbons (Fsp3) is 0.174. The third-order valence-electron chi connectivity index (χ3n) is 4.67. The van der Waals surface area contributed by atoms with Crippen molar-refractivity contribution < 1.29 is 14.3 Å². The largest absolute Gasteiger partial charge is 0.465 e. The van der Waals surface area contributed by atoms with Gasteiger partial charge in [-0.05, 0) is 68.3 Å². The van der Waals surface area contributed by atoms with E-state index in [1.165, 1.54) is 13.3 Å². The van der Waals surface area contributed by atoms with Crippen LogP contribution in [-0.4, -0.2) is 29.8 Å². The molecule has 3 aromatic rings. The molecule has 0 bridgehead atoms. The molecule has 0 aliphatic rings. The van der Waals surface area contributed by atoms with Gasteiger partial charge in [0.2, 0.25) is 0 Å². The predicted molar refractivity (Wildman–Crippen MR) is 113 cm³/mol. The SMILES string of the molecule is COC(=O)c1cccc(C=NNC(=O)c2ccc(C)c(-n3c(C)ccc3C)c2)c1. The van der Waals surface area contributed by atoms with Crippen molar-refractivity contribution in [3.05, 3.63) is 88.2 Å². The molecule has 0 atom stereocenters. The maximum Gasteiger partial charge on any atom is 0.337 e. The number of carbonyl (C=O) groups is 2. The van der Waals surface area contributed by atoms with E-state index in [9.17, 15) is 9.59 Å². The number of aryl methyl sites for hydroxylation is 3. The Bertz CT molecular complexity index is 1080. The highest BCUT2D eigenvalue weighted by Crippen LogP contribution is 2.21. The smallest absolute Gasteiger partial charge is 0.337 e. The maximum atomic E-state index is 12.6. The van der Waals surface area contributed by atoms with Crippen LogP contribution >= 0.6 is 0 Å². The van der Waals surface area contributed by atoms with E-state index in [2.05, 4.69) is 15.1 Å². The van der Waals surface area contributed by atoms with Crippen LogP contribution in [0.1, 0.15) is 43.2 Å². The summed E-state index contributed by atoms with van der Waals surface area (Å²) in [5.74, 6) is -0.735. The van der Waals surface area contributed by atoms with E-state index >= 15 is 0 Å². The summed E-state index contributed by atoms with van der Waals surface area (Å²) < 4.78 is 6.82. The van der Waals surface area contributed by atoms with E-state index < -0.39 is 5.97 Å². The monoisotopic (exact) mass is 389 g/mol. The van der Waals surface area contributed by atoms with Gasteiger partial charge in [0.05, 0.1) is 18.9 Å². The molecular weight excluding hydrogens is 366 g/mol. The summed E-state index contributed by atoms with van der Waals surface area (Å²) >= 11 is 0. The van der Waals surface area contributed by atoms with Crippen LogP contribution in [0.15, 0.2) is 59.7 Å². The number of hydrazone groups is 1. The fourth-order valence-corrected chi connectivity index (χ4v) is 3.13. The Balaban J connectivity index is 1.77. The molecule has 0 aliphatic carbocycles. The van der Waals surface area contributed by atoms with Gasteiger partial charge in [0.15, 0.2) is 0 Å². The van der Waals surface area contributed by atoms with Crippen LogP contribution in [0.5, 0.6) is 0 Å². The molecular formula is C23H23N3O3. The van der Waals surface area contributed by atoms with E-state index in [1.54, 1.807) is 30.3 Å². The lowest BCUT2D eigenvalue weighted by molar-refractivity contribution is 0.0600. The molecule has 0 saturated heterocycles. The van der Waals surface area contributed by atoms with Crippen molar-refractivity contribution in [2.45, 2.75) is 20.8 Å². The molecule has 29 heavy (non-hydrogen) atoms. The minimum atomic E-state index is -0.424. The highest BCUT2D eigenvalue weighted by Gasteiger charge is 2.11. The van der Waals surface area contributed by atoms with E-state index in [0.29, 0.717) is 16.7 Å². The molecule has 1 aromatic heterocycles. The summed E-state index contributed by atoms with van der Waals surface area (Å²) in [6.07, 6.45) is 1.49. The van der Waals surface area contributed by atoms with E-state index in [-0.39, 0.29) is 5.91 Å². The van der Waals surface area contributed by atoms with Crippen molar-refractivity contribution in [2.75, 3.05) is 7.11 Å². The summed E-state index contributed by atoms with van der Waals surface area (Å²) in [6.45, 7) is 6.08. The number of aromatic nitrogens is 1. The first kappa shape index (κ1) is 20.1. The summed E-state index contributed by atoms with van der Waals surface area (Å²) in [7, 11) is 1.33. The van der Waals surface area contributed by atoms with Gasteiger partial charge in [-0.3, -0.25) is 4.79 Å². The van der Waals surface area contributed by atoms with Crippen molar-refractivity contribution >= 4 is 18.1 Å². The first-order valence-corrected chi connectivity index (χ1v) is 9.18. The first-order valence-electron chi connectivity index (χ1n) is 9.18. The molecule has 6 heteroatoms. The maximum absolute atomic E-state index is 12.6. The zero-order chi connectivity index (χ0) is 21.0. The number of amides is 1. The number of nitrogens with one attached hydrogen (secondary N) is 1. The quantitative estimate of drug-likeness (QED) is 0.408. The number of esters is 1. The van der Waals surface area contributed by atoms with Crippen molar-refractivity contribution in [3.8, 4) is 5.69 Å². The molecule has 0 unspecified atom stereocenters. The summed E-state index contributed by atoms with van der Waals surface area (Å²) in [5, 5.41) is 4.01. The van der Waals surface area contributed by atoms with E-state index in [4.69, 9.17) is 4.74 Å².